The van der Waals surface area contributed by atoms with E-state index in [1.807, 2.05) is 42.5 Å². The molecule has 182 valence electrons. The Morgan fingerprint density at radius 1 is 0.946 bits per heavy atom. The highest BCUT2D eigenvalue weighted by Crippen LogP contribution is 2.35. The van der Waals surface area contributed by atoms with Gasteiger partial charge >= 0.3 is 0 Å². The summed E-state index contributed by atoms with van der Waals surface area (Å²) in [6, 6.07) is 28.1. The number of nitrogens with zero attached hydrogens (tertiary/aromatic N) is 2. The SMILES string of the molecule is O=C(CCc1c(-c2ccc(Cl)cc2)nc2ccc(-c3cc4ccccc4s3)cn12)Nc1cccc(F)c1. The zero-order valence-corrected chi connectivity index (χ0v) is 21.2. The van der Waals surface area contributed by atoms with E-state index >= 15 is 0 Å². The number of rotatable bonds is 6. The quantitative estimate of drug-likeness (QED) is 0.238. The van der Waals surface area contributed by atoms with Crippen molar-refractivity contribution in [3.8, 4) is 21.7 Å². The fourth-order valence-electron chi connectivity index (χ4n) is 4.46. The Morgan fingerprint density at radius 3 is 2.57 bits per heavy atom. The van der Waals surface area contributed by atoms with Gasteiger partial charge in [-0.3, -0.25) is 4.79 Å². The molecule has 0 unspecified atom stereocenters. The van der Waals surface area contributed by atoms with Gasteiger partial charge in [0.2, 0.25) is 5.91 Å². The summed E-state index contributed by atoms with van der Waals surface area (Å²) in [5.74, 6) is -0.582. The van der Waals surface area contributed by atoms with Crippen molar-refractivity contribution in [1.82, 2.24) is 9.38 Å². The normalized spacial score (nSPS) is 11.3. The summed E-state index contributed by atoms with van der Waals surface area (Å²) in [4.78, 5) is 18.8. The molecule has 0 radical (unpaired) electrons. The Hall–Kier alpha value is -4.00. The van der Waals surface area contributed by atoms with Gasteiger partial charge in [-0.1, -0.05) is 48.0 Å². The number of aryl methyl sites for hydroxylation is 1. The first-order valence-corrected chi connectivity index (χ1v) is 13.0. The number of anilines is 1. The average Bonchev–Trinajstić information content (AvgIpc) is 3.49. The van der Waals surface area contributed by atoms with Gasteiger partial charge in [-0.25, -0.2) is 9.37 Å². The number of carbonyl (C=O) groups is 1. The van der Waals surface area contributed by atoms with E-state index in [0.717, 1.165) is 28.2 Å². The van der Waals surface area contributed by atoms with Gasteiger partial charge in [0.25, 0.3) is 0 Å². The molecule has 0 fully saturated rings. The van der Waals surface area contributed by atoms with Gasteiger partial charge in [0, 0.05) is 44.0 Å². The monoisotopic (exact) mass is 525 g/mol. The van der Waals surface area contributed by atoms with Gasteiger partial charge in [0.15, 0.2) is 0 Å². The van der Waals surface area contributed by atoms with Crippen LogP contribution in [0.4, 0.5) is 10.1 Å². The second-order valence-corrected chi connectivity index (χ2v) is 10.3. The summed E-state index contributed by atoms with van der Waals surface area (Å²) < 4.78 is 16.8. The number of imidazole rings is 1. The Labute approximate surface area is 222 Å². The molecule has 0 bridgehead atoms. The number of pyridine rings is 1. The zero-order chi connectivity index (χ0) is 25.4. The van der Waals surface area contributed by atoms with E-state index in [0.29, 0.717) is 17.1 Å². The summed E-state index contributed by atoms with van der Waals surface area (Å²) in [5, 5.41) is 4.65. The van der Waals surface area contributed by atoms with Gasteiger partial charge in [-0.2, -0.15) is 0 Å². The molecule has 0 aliphatic rings. The van der Waals surface area contributed by atoms with Crippen molar-refractivity contribution in [2.45, 2.75) is 12.8 Å². The molecule has 1 amide bonds. The van der Waals surface area contributed by atoms with Crippen molar-refractivity contribution < 1.29 is 9.18 Å². The molecule has 3 heterocycles. The van der Waals surface area contributed by atoms with Crippen LogP contribution in [0.2, 0.25) is 5.02 Å². The molecule has 0 aliphatic carbocycles. The fourth-order valence-corrected chi connectivity index (χ4v) is 5.64. The van der Waals surface area contributed by atoms with Gasteiger partial charge < -0.3 is 9.72 Å². The average molecular weight is 526 g/mol. The Bertz CT molecular complexity index is 1720. The minimum atomic E-state index is -0.390. The van der Waals surface area contributed by atoms with Crippen molar-refractivity contribution in [2.75, 3.05) is 5.32 Å². The van der Waals surface area contributed by atoms with Crippen molar-refractivity contribution >= 4 is 50.3 Å². The maximum absolute atomic E-state index is 13.5. The third-order valence-electron chi connectivity index (χ3n) is 6.24. The van der Waals surface area contributed by atoms with Crippen LogP contribution >= 0.6 is 22.9 Å². The number of hydrogen-bond acceptors (Lipinski definition) is 3. The first-order chi connectivity index (χ1) is 18.0. The number of aromatic nitrogens is 2. The largest absolute Gasteiger partial charge is 0.326 e. The molecular formula is C30H21ClFN3OS. The number of thiophene rings is 1. The highest BCUT2D eigenvalue weighted by Gasteiger charge is 2.17. The predicted octanol–water partition coefficient (Wildman–Crippen LogP) is 8.25. The lowest BCUT2D eigenvalue weighted by molar-refractivity contribution is -0.116. The van der Waals surface area contributed by atoms with Gasteiger partial charge in [-0.05, 0) is 66.4 Å². The van der Waals surface area contributed by atoms with Crippen molar-refractivity contribution in [1.29, 1.82) is 0 Å². The Balaban J connectivity index is 1.38. The molecule has 1 N–H and O–H groups in total. The number of amides is 1. The summed E-state index contributed by atoms with van der Waals surface area (Å²) in [6.07, 6.45) is 2.76. The lowest BCUT2D eigenvalue weighted by Crippen LogP contribution is -2.13. The van der Waals surface area contributed by atoms with Crippen LogP contribution in [-0.2, 0) is 11.2 Å². The fraction of sp³-hybridized carbons (Fsp3) is 0.0667. The summed E-state index contributed by atoms with van der Waals surface area (Å²) in [5.41, 5.74) is 4.98. The third kappa shape index (κ3) is 4.86. The van der Waals surface area contributed by atoms with E-state index in [9.17, 15) is 9.18 Å². The Morgan fingerprint density at radius 2 is 1.76 bits per heavy atom. The number of benzene rings is 3. The maximum Gasteiger partial charge on any atom is 0.224 e. The number of fused-ring (bicyclic) bond motifs is 2. The van der Waals surface area contributed by atoms with Crippen molar-refractivity contribution in [3.63, 3.8) is 0 Å². The first-order valence-electron chi connectivity index (χ1n) is 11.8. The molecule has 0 aliphatic heterocycles. The number of nitrogens with one attached hydrogen (secondary N) is 1. The Kier molecular flexibility index (Phi) is 6.20. The standard InChI is InChI=1S/C30H21ClFN3OS/c31-22-11-8-19(9-12-22)30-25(13-15-29(36)33-24-6-3-5-23(32)17-24)35-18-21(10-14-28(35)34-30)27-16-20-4-1-2-7-26(20)37-27/h1-12,14,16-18H,13,15H2,(H,33,36). The van der Waals surface area contributed by atoms with Crippen molar-refractivity contribution in [3.05, 3.63) is 114 Å². The second-order valence-electron chi connectivity index (χ2n) is 8.77. The van der Waals surface area contributed by atoms with Crippen LogP contribution in [0.15, 0.2) is 97.2 Å². The predicted molar refractivity (Wildman–Crippen MR) is 150 cm³/mol. The summed E-state index contributed by atoms with van der Waals surface area (Å²) in [6.45, 7) is 0. The van der Waals surface area contributed by atoms with E-state index in [1.54, 1.807) is 23.5 Å². The second kappa shape index (κ2) is 9.81. The maximum atomic E-state index is 13.5. The van der Waals surface area contributed by atoms with Gasteiger partial charge in [0.1, 0.15) is 11.5 Å². The van der Waals surface area contributed by atoms with Gasteiger partial charge in [0.05, 0.1) is 11.4 Å². The van der Waals surface area contributed by atoms with E-state index in [1.165, 1.54) is 27.1 Å². The van der Waals surface area contributed by atoms with E-state index < -0.39 is 5.82 Å². The van der Waals surface area contributed by atoms with Crippen LogP contribution in [0.25, 0.3) is 37.4 Å². The van der Waals surface area contributed by atoms with Crippen LogP contribution in [-0.4, -0.2) is 15.3 Å². The molecule has 0 saturated carbocycles. The van der Waals surface area contributed by atoms with Crippen LogP contribution in [0.5, 0.6) is 0 Å². The molecule has 37 heavy (non-hydrogen) atoms. The number of halogens is 2. The molecule has 6 rings (SSSR count). The summed E-state index contributed by atoms with van der Waals surface area (Å²) >= 11 is 7.87. The third-order valence-corrected chi connectivity index (χ3v) is 7.66. The number of carbonyl (C=O) groups excluding carboxylic acids is 1. The lowest BCUT2D eigenvalue weighted by Gasteiger charge is -2.08. The molecule has 0 atom stereocenters. The topological polar surface area (TPSA) is 46.4 Å². The van der Waals surface area contributed by atoms with E-state index in [4.69, 9.17) is 16.6 Å². The van der Waals surface area contributed by atoms with E-state index in [2.05, 4.69) is 40.2 Å². The minimum absolute atomic E-state index is 0.191. The molecule has 4 nitrogen and oxygen atoms in total. The van der Waals surface area contributed by atoms with Crippen LogP contribution in [0.1, 0.15) is 12.1 Å². The molecule has 3 aromatic carbocycles. The number of hydrogen-bond donors (Lipinski definition) is 1. The van der Waals surface area contributed by atoms with E-state index in [-0.39, 0.29) is 12.3 Å². The smallest absolute Gasteiger partial charge is 0.224 e. The van der Waals surface area contributed by atoms with Crippen LogP contribution in [0.3, 0.4) is 0 Å². The molecular weight excluding hydrogens is 505 g/mol. The van der Waals surface area contributed by atoms with Gasteiger partial charge in [-0.15, -0.1) is 11.3 Å². The van der Waals surface area contributed by atoms with Crippen LogP contribution in [0, 0.1) is 5.82 Å². The first kappa shape index (κ1) is 23.4. The molecule has 0 saturated heterocycles. The molecule has 7 heteroatoms. The minimum Gasteiger partial charge on any atom is -0.326 e. The highest BCUT2D eigenvalue weighted by molar-refractivity contribution is 7.22. The molecule has 3 aromatic heterocycles. The lowest BCUT2D eigenvalue weighted by atomic mass is 10.1. The summed E-state index contributed by atoms with van der Waals surface area (Å²) in [7, 11) is 0. The van der Waals surface area contributed by atoms with Crippen molar-refractivity contribution in [2.24, 2.45) is 0 Å². The highest BCUT2D eigenvalue weighted by atomic mass is 35.5. The van der Waals surface area contributed by atoms with Crippen LogP contribution < -0.4 is 5.32 Å². The molecule has 6 aromatic rings. The molecule has 0 spiro atoms. The zero-order valence-electron chi connectivity index (χ0n) is 19.6.